The van der Waals surface area contributed by atoms with E-state index in [9.17, 15) is 4.79 Å². The van der Waals surface area contributed by atoms with Crippen LogP contribution in [0.15, 0.2) is 36.7 Å². The monoisotopic (exact) mass is 394 g/mol. The number of hydrogen-bond acceptors (Lipinski definition) is 5. The van der Waals surface area contributed by atoms with Crippen molar-refractivity contribution in [3.05, 3.63) is 48.0 Å². The van der Waals surface area contributed by atoms with Crippen molar-refractivity contribution in [1.29, 1.82) is 0 Å². The van der Waals surface area contributed by atoms with Crippen molar-refractivity contribution in [2.24, 2.45) is 5.92 Å². The minimum atomic E-state index is -0.174. The molecule has 138 valence electrons. The van der Waals surface area contributed by atoms with Crippen molar-refractivity contribution in [2.45, 2.75) is 6.92 Å². The first-order chi connectivity index (χ1) is 11.7. The molecule has 1 saturated heterocycles. The van der Waals surface area contributed by atoms with Crippen molar-refractivity contribution in [3.63, 3.8) is 0 Å². The van der Waals surface area contributed by atoms with Crippen LogP contribution in [0.5, 0.6) is 0 Å². The quantitative estimate of drug-likeness (QED) is 0.705. The van der Waals surface area contributed by atoms with Crippen LogP contribution in [-0.4, -0.2) is 45.5 Å². The number of hydrogen-bond donors (Lipinski definition) is 2. The van der Waals surface area contributed by atoms with E-state index in [0.29, 0.717) is 18.2 Å². The molecule has 0 unspecified atom stereocenters. The van der Waals surface area contributed by atoms with Crippen molar-refractivity contribution >= 4 is 41.5 Å². The maximum Gasteiger partial charge on any atom is 0.273 e. The molecule has 2 aromatic heterocycles. The summed E-state index contributed by atoms with van der Waals surface area (Å²) in [6, 6.07) is 7.85. The number of nitrogens with one attached hydrogen (secondary N) is 2. The number of rotatable bonds is 4. The molecule has 1 aliphatic rings. The molecule has 0 spiro atoms. The topological polar surface area (TPSA) is 84.7 Å². The van der Waals surface area contributed by atoms with E-state index >= 15 is 0 Å². The van der Waals surface area contributed by atoms with E-state index in [-0.39, 0.29) is 30.7 Å². The van der Waals surface area contributed by atoms with Crippen molar-refractivity contribution in [1.82, 2.24) is 30.6 Å². The van der Waals surface area contributed by atoms with E-state index in [4.69, 9.17) is 0 Å². The molecule has 26 heavy (non-hydrogen) atoms. The fraction of sp³-hybridized carbons (Fsp3) is 0.294. The van der Waals surface area contributed by atoms with E-state index in [1.54, 1.807) is 10.9 Å². The molecule has 0 atom stereocenters. The van der Waals surface area contributed by atoms with Crippen LogP contribution in [0.3, 0.4) is 0 Å². The first-order valence-electron chi connectivity index (χ1n) is 7.98. The molecule has 1 aromatic carbocycles. The molecule has 0 radical (unpaired) electrons. The lowest BCUT2D eigenvalue weighted by Crippen LogP contribution is -2.48. The predicted octanol–water partition coefficient (Wildman–Crippen LogP) is 1.92. The molecule has 1 amide bonds. The summed E-state index contributed by atoms with van der Waals surface area (Å²) in [7, 11) is 0. The lowest BCUT2D eigenvalue weighted by Gasteiger charge is -2.26. The van der Waals surface area contributed by atoms with E-state index < -0.39 is 0 Å². The van der Waals surface area contributed by atoms with E-state index in [2.05, 4.69) is 25.9 Å². The fourth-order valence-electron chi connectivity index (χ4n) is 2.87. The number of aromatic nitrogens is 4. The normalized spacial score (nSPS) is 13.4. The van der Waals surface area contributed by atoms with Crippen LogP contribution in [0, 0.1) is 12.8 Å². The van der Waals surface area contributed by atoms with Crippen LogP contribution in [0.25, 0.3) is 16.5 Å². The van der Waals surface area contributed by atoms with Gasteiger partial charge in [0.05, 0.1) is 11.4 Å². The van der Waals surface area contributed by atoms with Crippen molar-refractivity contribution in [3.8, 4) is 5.69 Å². The van der Waals surface area contributed by atoms with Gasteiger partial charge in [0.1, 0.15) is 0 Å². The highest BCUT2D eigenvalue weighted by Crippen LogP contribution is 2.22. The van der Waals surface area contributed by atoms with Gasteiger partial charge in [0.15, 0.2) is 5.69 Å². The third-order valence-electron chi connectivity index (χ3n) is 4.41. The molecule has 3 heterocycles. The molecule has 0 bridgehead atoms. The molecule has 4 rings (SSSR count). The number of benzene rings is 1. The van der Waals surface area contributed by atoms with Crippen LogP contribution in [-0.2, 0) is 0 Å². The Kier molecular flexibility index (Phi) is 6.52. The largest absolute Gasteiger partial charge is 0.350 e. The lowest BCUT2D eigenvalue weighted by molar-refractivity contribution is 0.0936. The average molecular weight is 395 g/mol. The minimum absolute atomic E-state index is 0. The number of pyridine rings is 1. The Morgan fingerprint density at radius 3 is 2.85 bits per heavy atom. The summed E-state index contributed by atoms with van der Waals surface area (Å²) in [5.41, 5.74) is 1.99. The summed E-state index contributed by atoms with van der Waals surface area (Å²) < 4.78 is 1.71. The summed E-state index contributed by atoms with van der Waals surface area (Å²) in [6.07, 6.45) is 3.56. The second kappa shape index (κ2) is 8.44. The Morgan fingerprint density at radius 1 is 1.31 bits per heavy atom. The third kappa shape index (κ3) is 3.65. The molecule has 1 fully saturated rings. The van der Waals surface area contributed by atoms with Gasteiger partial charge in [0, 0.05) is 48.7 Å². The highest BCUT2D eigenvalue weighted by molar-refractivity contribution is 5.94. The lowest BCUT2D eigenvalue weighted by atomic mass is 10.0. The Labute approximate surface area is 163 Å². The highest BCUT2D eigenvalue weighted by Gasteiger charge is 2.21. The van der Waals surface area contributed by atoms with Gasteiger partial charge >= 0.3 is 0 Å². The van der Waals surface area contributed by atoms with Crippen LogP contribution in [0.1, 0.15) is 16.2 Å². The van der Waals surface area contributed by atoms with Gasteiger partial charge in [-0.1, -0.05) is 17.3 Å². The number of fused-ring (bicyclic) bond motifs is 1. The Bertz CT molecular complexity index is 904. The maximum atomic E-state index is 12.4. The van der Waals surface area contributed by atoms with Gasteiger partial charge in [0.2, 0.25) is 0 Å². The van der Waals surface area contributed by atoms with Gasteiger partial charge in [-0.25, -0.2) is 4.68 Å². The van der Waals surface area contributed by atoms with Crippen molar-refractivity contribution < 1.29 is 4.79 Å². The molecule has 1 aliphatic heterocycles. The van der Waals surface area contributed by atoms with Crippen LogP contribution >= 0.6 is 24.8 Å². The molecule has 7 nitrogen and oxygen atoms in total. The van der Waals surface area contributed by atoms with Crippen molar-refractivity contribution in [2.75, 3.05) is 19.6 Å². The smallest absolute Gasteiger partial charge is 0.273 e. The Hall–Kier alpha value is -2.22. The molecular weight excluding hydrogens is 375 g/mol. The number of carbonyl (C=O) groups excluding carboxylic acids is 1. The summed E-state index contributed by atoms with van der Waals surface area (Å²) in [5.74, 6) is 0.336. The summed E-state index contributed by atoms with van der Waals surface area (Å²) in [5, 5.41) is 16.5. The summed E-state index contributed by atoms with van der Waals surface area (Å²) >= 11 is 0. The molecule has 9 heteroatoms. The zero-order valence-corrected chi connectivity index (χ0v) is 15.8. The van der Waals surface area contributed by atoms with E-state index in [1.165, 1.54) is 0 Å². The minimum Gasteiger partial charge on any atom is -0.350 e. The standard InChI is InChI=1S/C17H18N6O.2ClH/c1-11-16(17(24)20-9-12-7-19-8-12)21-22-23(11)15-4-2-3-13-10-18-6-5-14(13)15;;/h2-6,10,12,19H,7-9H2,1H3,(H,20,24);2*1H. The van der Waals surface area contributed by atoms with E-state index in [1.807, 2.05) is 37.4 Å². The second-order valence-corrected chi connectivity index (χ2v) is 6.04. The summed E-state index contributed by atoms with van der Waals surface area (Å²) in [4.78, 5) is 16.5. The van der Waals surface area contributed by atoms with Crippen LogP contribution in [0.4, 0.5) is 0 Å². The Morgan fingerprint density at radius 2 is 2.12 bits per heavy atom. The maximum absolute atomic E-state index is 12.4. The molecule has 0 aliphatic carbocycles. The highest BCUT2D eigenvalue weighted by atomic mass is 35.5. The Balaban J connectivity index is 0.00000121. The number of amides is 1. The van der Waals surface area contributed by atoms with Crippen LogP contribution < -0.4 is 10.6 Å². The number of carbonyl (C=O) groups is 1. The fourth-order valence-corrected chi connectivity index (χ4v) is 2.87. The van der Waals surface area contributed by atoms with Gasteiger partial charge in [-0.05, 0) is 19.1 Å². The molecular formula is C17H20Cl2N6O. The van der Waals surface area contributed by atoms with Crippen LogP contribution in [0.2, 0.25) is 0 Å². The van der Waals surface area contributed by atoms with Gasteiger partial charge in [-0.2, -0.15) is 0 Å². The second-order valence-electron chi connectivity index (χ2n) is 6.04. The first kappa shape index (κ1) is 20.1. The number of nitrogens with zero attached hydrogens (tertiary/aromatic N) is 4. The zero-order chi connectivity index (χ0) is 16.5. The molecule has 0 saturated carbocycles. The number of halogens is 2. The third-order valence-corrected chi connectivity index (χ3v) is 4.41. The SMILES string of the molecule is Cc1c(C(=O)NCC2CNC2)nnn1-c1cccc2cnccc12.Cl.Cl. The zero-order valence-electron chi connectivity index (χ0n) is 14.2. The first-order valence-corrected chi connectivity index (χ1v) is 7.98. The predicted molar refractivity (Wildman–Crippen MR) is 105 cm³/mol. The average Bonchev–Trinajstić information content (AvgIpc) is 2.94. The molecule has 3 aromatic rings. The van der Waals surface area contributed by atoms with Gasteiger partial charge in [-0.3, -0.25) is 9.78 Å². The van der Waals surface area contributed by atoms with Gasteiger partial charge in [-0.15, -0.1) is 29.9 Å². The van der Waals surface area contributed by atoms with E-state index in [0.717, 1.165) is 35.2 Å². The molecule has 2 N–H and O–H groups in total. The van der Waals surface area contributed by atoms with Gasteiger partial charge < -0.3 is 10.6 Å². The van der Waals surface area contributed by atoms with Gasteiger partial charge in [0.25, 0.3) is 5.91 Å². The summed E-state index contributed by atoms with van der Waals surface area (Å²) in [6.45, 7) is 4.43.